The summed E-state index contributed by atoms with van der Waals surface area (Å²) in [5, 5.41) is 0. The molecule has 1 aromatic rings. The highest BCUT2D eigenvalue weighted by molar-refractivity contribution is 5.72. The second-order valence-electron chi connectivity index (χ2n) is 4.06. The van der Waals surface area contributed by atoms with Gasteiger partial charge in [-0.2, -0.15) is 0 Å². The van der Waals surface area contributed by atoms with Crippen LogP contribution in [0.15, 0.2) is 6.20 Å². The first-order valence-corrected chi connectivity index (χ1v) is 4.34. The fraction of sp³-hybridized carbons (Fsp3) is 0.556. The van der Waals surface area contributed by atoms with Crippen LogP contribution in [-0.2, 0) is 4.74 Å². The average molecular weight is 197 g/mol. The summed E-state index contributed by atoms with van der Waals surface area (Å²) >= 11 is 0. The lowest BCUT2D eigenvalue weighted by atomic mass is 10.2. The smallest absolute Gasteiger partial charge is 0.420 e. The molecule has 14 heavy (non-hydrogen) atoms. The molecular formula is C9H15N3O2. The van der Waals surface area contributed by atoms with Gasteiger partial charge in [0, 0.05) is 0 Å². The molecule has 2 N–H and O–H groups in total. The Morgan fingerprint density at radius 2 is 2.14 bits per heavy atom. The molecule has 0 spiro atoms. The number of carbonyl (C=O) groups is 1. The van der Waals surface area contributed by atoms with E-state index in [9.17, 15) is 4.79 Å². The third-order valence-corrected chi connectivity index (χ3v) is 1.49. The number of rotatable bonds is 0. The van der Waals surface area contributed by atoms with Crippen LogP contribution < -0.4 is 5.73 Å². The number of aromatic nitrogens is 2. The van der Waals surface area contributed by atoms with Gasteiger partial charge in [-0.15, -0.1) is 0 Å². The van der Waals surface area contributed by atoms with Crippen LogP contribution in [0.5, 0.6) is 0 Å². The van der Waals surface area contributed by atoms with Gasteiger partial charge >= 0.3 is 6.09 Å². The molecule has 0 atom stereocenters. The van der Waals surface area contributed by atoms with Crippen LogP contribution in [0.2, 0.25) is 0 Å². The SMILES string of the molecule is Cc1nc(N)cn1C(=O)OC(C)(C)C. The van der Waals surface area contributed by atoms with Gasteiger partial charge in [-0.05, 0) is 27.7 Å². The van der Waals surface area contributed by atoms with Gasteiger partial charge < -0.3 is 10.5 Å². The van der Waals surface area contributed by atoms with E-state index in [-0.39, 0.29) is 0 Å². The number of anilines is 1. The number of ether oxygens (including phenoxy) is 1. The average Bonchev–Trinajstić information content (AvgIpc) is 2.26. The topological polar surface area (TPSA) is 70.1 Å². The Morgan fingerprint density at radius 1 is 1.57 bits per heavy atom. The third kappa shape index (κ3) is 2.48. The summed E-state index contributed by atoms with van der Waals surface area (Å²) in [4.78, 5) is 15.4. The van der Waals surface area contributed by atoms with Crippen molar-refractivity contribution in [3.8, 4) is 0 Å². The Labute approximate surface area is 82.9 Å². The van der Waals surface area contributed by atoms with E-state index in [4.69, 9.17) is 10.5 Å². The molecule has 0 fully saturated rings. The molecule has 0 aromatic carbocycles. The van der Waals surface area contributed by atoms with Gasteiger partial charge in [-0.3, -0.25) is 0 Å². The molecule has 0 saturated heterocycles. The summed E-state index contributed by atoms with van der Waals surface area (Å²) in [6.07, 6.45) is 0.989. The molecule has 0 bridgehead atoms. The third-order valence-electron chi connectivity index (χ3n) is 1.49. The molecule has 0 amide bonds. The van der Waals surface area contributed by atoms with Gasteiger partial charge in [0.1, 0.15) is 17.2 Å². The van der Waals surface area contributed by atoms with Crippen molar-refractivity contribution < 1.29 is 9.53 Å². The van der Waals surface area contributed by atoms with E-state index in [1.165, 1.54) is 10.8 Å². The quantitative estimate of drug-likeness (QED) is 0.685. The van der Waals surface area contributed by atoms with E-state index >= 15 is 0 Å². The normalized spacial score (nSPS) is 11.4. The van der Waals surface area contributed by atoms with Crippen molar-refractivity contribution in [1.82, 2.24) is 9.55 Å². The molecule has 78 valence electrons. The Balaban J connectivity index is 2.85. The van der Waals surface area contributed by atoms with Gasteiger partial charge in [-0.1, -0.05) is 0 Å². The van der Waals surface area contributed by atoms with E-state index in [1.807, 2.05) is 0 Å². The molecule has 0 aliphatic heterocycles. The maximum Gasteiger partial charge on any atom is 0.420 e. The summed E-state index contributed by atoms with van der Waals surface area (Å²) in [7, 11) is 0. The molecule has 0 aliphatic rings. The van der Waals surface area contributed by atoms with Crippen LogP contribution in [0.3, 0.4) is 0 Å². The standard InChI is InChI=1S/C9H15N3O2/c1-6-11-7(10)5-12(6)8(13)14-9(2,3)4/h5H,10H2,1-4H3. The number of hydrogen-bond donors (Lipinski definition) is 1. The van der Waals surface area contributed by atoms with E-state index in [0.717, 1.165) is 0 Å². The molecule has 1 aromatic heterocycles. The van der Waals surface area contributed by atoms with E-state index in [1.54, 1.807) is 27.7 Å². The first-order chi connectivity index (χ1) is 6.29. The molecule has 0 aliphatic carbocycles. The number of aryl methyl sites for hydroxylation is 1. The van der Waals surface area contributed by atoms with Gasteiger partial charge in [0.05, 0.1) is 6.20 Å². The second kappa shape index (κ2) is 3.32. The van der Waals surface area contributed by atoms with Crippen molar-refractivity contribution in [3.05, 3.63) is 12.0 Å². The molecule has 5 heteroatoms. The van der Waals surface area contributed by atoms with Gasteiger partial charge in [0.15, 0.2) is 0 Å². The summed E-state index contributed by atoms with van der Waals surface area (Å²) < 4.78 is 6.44. The zero-order chi connectivity index (χ0) is 10.9. The monoisotopic (exact) mass is 197 g/mol. The number of nitrogens with zero attached hydrogens (tertiary/aromatic N) is 2. The summed E-state index contributed by atoms with van der Waals surface area (Å²) in [5.74, 6) is 0.838. The fourth-order valence-corrected chi connectivity index (χ4v) is 0.991. The predicted molar refractivity (Wildman–Crippen MR) is 53.0 cm³/mol. The van der Waals surface area contributed by atoms with Crippen LogP contribution in [0.4, 0.5) is 10.6 Å². The number of imidazole rings is 1. The van der Waals surface area contributed by atoms with Gasteiger partial charge in [0.2, 0.25) is 0 Å². The van der Waals surface area contributed by atoms with Crippen LogP contribution in [0, 0.1) is 6.92 Å². The minimum Gasteiger partial charge on any atom is -0.443 e. The molecule has 0 saturated carbocycles. The zero-order valence-electron chi connectivity index (χ0n) is 8.87. The van der Waals surface area contributed by atoms with Crippen LogP contribution >= 0.6 is 0 Å². The maximum atomic E-state index is 11.5. The zero-order valence-corrected chi connectivity index (χ0v) is 8.87. The highest BCUT2D eigenvalue weighted by Crippen LogP contribution is 2.11. The Bertz CT molecular complexity index is 349. The number of carbonyl (C=O) groups excluding carboxylic acids is 1. The summed E-state index contributed by atoms with van der Waals surface area (Å²) in [6, 6.07) is 0. The lowest BCUT2D eigenvalue weighted by molar-refractivity contribution is 0.0533. The Hall–Kier alpha value is -1.52. The fourth-order valence-electron chi connectivity index (χ4n) is 0.991. The van der Waals surface area contributed by atoms with E-state index < -0.39 is 11.7 Å². The van der Waals surface area contributed by atoms with E-state index in [2.05, 4.69) is 4.98 Å². The Kier molecular flexibility index (Phi) is 2.51. The molecular weight excluding hydrogens is 182 g/mol. The lowest BCUT2D eigenvalue weighted by Crippen LogP contribution is -2.27. The van der Waals surface area contributed by atoms with Crippen molar-refractivity contribution in [2.24, 2.45) is 0 Å². The highest BCUT2D eigenvalue weighted by atomic mass is 16.6. The van der Waals surface area contributed by atoms with Crippen LogP contribution in [0.1, 0.15) is 26.6 Å². The maximum absolute atomic E-state index is 11.5. The predicted octanol–water partition coefficient (Wildman–Crippen LogP) is 1.56. The number of nitrogens with two attached hydrogens (primary N) is 1. The largest absolute Gasteiger partial charge is 0.443 e. The molecule has 0 unspecified atom stereocenters. The van der Waals surface area contributed by atoms with Crippen molar-refractivity contribution >= 4 is 11.9 Å². The molecule has 1 rings (SSSR count). The van der Waals surface area contributed by atoms with Crippen molar-refractivity contribution in [2.75, 3.05) is 5.73 Å². The summed E-state index contributed by atoms with van der Waals surface area (Å²) in [5.41, 5.74) is 4.93. The molecule has 0 radical (unpaired) electrons. The Morgan fingerprint density at radius 3 is 2.50 bits per heavy atom. The van der Waals surface area contributed by atoms with Gasteiger partial charge in [-0.25, -0.2) is 14.3 Å². The number of hydrogen-bond acceptors (Lipinski definition) is 4. The second-order valence-corrected chi connectivity index (χ2v) is 4.06. The first kappa shape index (κ1) is 10.6. The van der Waals surface area contributed by atoms with Crippen LogP contribution in [0.25, 0.3) is 0 Å². The van der Waals surface area contributed by atoms with E-state index in [0.29, 0.717) is 11.6 Å². The highest BCUT2D eigenvalue weighted by Gasteiger charge is 2.19. The van der Waals surface area contributed by atoms with Crippen molar-refractivity contribution in [3.63, 3.8) is 0 Å². The van der Waals surface area contributed by atoms with Crippen molar-refractivity contribution in [1.29, 1.82) is 0 Å². The molecule has 1 heterocycles. The first-order valence-electron chi connectivity index (χ1n) is 4.34. The lowest BCUT2D eigenvalue weighted by Gasteiger charge is -2.19. The van der Waals surface area contributed by atoms with Crippen LogP contribution in [-0.4, -0.2) is 21.2 Å². The van der Waals surface area contributed by atoms with Gasteiger partial charge in [0.25, 0.3) is 0 Å². The minimum absolute atomic E-state index is 0.313. The molecule has 5 nitrogen and oxygen atoms in total. The van der Waals surface area contributed by atoms with Crippen molar-refractivity contribution in [2.45, 2.75) is 33.3 Å². The number of nitrogen functional groups attached to an aromatic ring is 1. The summed E-state index contributed by atoms with van der Waals surface area (Å²) in [6.45, 7) is 7.11. The minimum atomic E-state index is -0.511.